The van der Waals surface area contributed by atoms with Crippen LogP contribution in [0.4, 0.5) is 0 Å². The number of sulfonamides is 1. The molecule has 0 aliphatic carbocycles. The summed E-state index contributed by atoms with van der Waals surface area (Å²) in [5, 5.41) is 12.7. The number of fused-ring (bicyclic) bond motifs is 1. The van der Waals surface area contributed by atoms with Crippen LogP contribution in [0, 0.1) is 6.92 Å². The van der Waals surface area contributed by atoms with Crippen molar-refractivity contribution in [1.29, 1.82) is 0 Å². The van der Waals surface area contributed by atoms with Gasteiger partial charge in [-0.1, -0.05) is 67.6 Å². The van der Waals surface area contributed by atoms with Gasteiger partial charge in [0.1, 0.15) is 5.52 Å². The number of rotatable bonds is 11. The molecule has 0 unspecified atom stereocenters. The van der Waals surface area contributed by atoms with E-state index in [1.54, 1.807) is 28.9 Å². The second-order valence-corrected chi connectivity index (χ2v) is 9.15. The Morgan fingerprint density at radius 1 is 1.03 bits per heavy atom. The van der Waals surface area contributed by atoms with Crippen LogP contribution in [-0.4, -0.2) is 29.1 Å². The first-order chi connectivity index (χ1) is 14.5. The lowest BCUT2D eigenvalue weighted by molar-refractivity contribution is 0.583. The number of hydrazone groups is 1. The van der Waals surface area contributed by atoms with Crippen molar-refractivity contribution in [2.24, 2.45) is 5.10 Å². The van der Waals surface area contributed by atoms with E-state index in [0.29, 0.717) is 13.0 Å². The molecule has 0 radical (unpaired) electrons. The third-order valence-corrected chi connectivity index (χ3v) is 6.20. The summed E-state index contributed by atoms with van der Waals surface area (Å²) >= 11 is 0. The fraction of sp³-hybridized carbons (Fsp3) is 0.409. The Kier molecular flexibility index (Phi) is 7.57. The summed E-state index contributed by atoms with van der Waals surface area (Å²) in [7, 11) is -3.72. The monoisotopic (exact) mass is 427 g/mol. The Hall–Kier alpha value is -2.74. The number of para-hydroxylation sites is 1. The van der Waals surface area contributed by atoms with E-state index >= 15 is 0 Å². The van der Waals surface area contributed by atoms with Crippen LogP contribution < -0.4 is 4.83 Å². The van der Waals surface area contributed by atoms with E-state index < -0.39 is 10.0 Å². The molecule has 3 aromatic rings. The van der Waals surface area contributed by atoms with Crippen molar-refractivity contribution >= 4 is 26.8 Å². The molecule has 0 aliphatic heterocycles. The third kappa shape index (κ3) is 5.89. The molecule has 8 heteroatoms. The molecule has 0 saturated heterocycles. The molecule has 0 saturated carbocycles. The first kappa shape index (κ1) is 22.0. The van der Waals surface area contributed by atoms with E-state index in [0.717, 1.165) is 35.2 Å². The maximum absolute atomic E-state index is 12.6. The molecule has 0 amide bonds. The van der Waals surface area contributed by atoms with E-state index in [-0.39, 0.29) is 4.90 Å². The van der Waals surface area contributed by atoms with E-state index in [1.807, 2.05) is 31.2 Å². The van der Waals surface area contributed by atoms with Gasteiger partial charge in [-0.2, -0.15) is 13.5 Å². The molecule has 2 aromatic carbocycles. The molecule has 7 nitrogen and oxygen atoms in total. The van der Waals surface area contributed by atoms with Gasteiger partial charge in [0.25, 0.3) is 10.0 Å². The lowest BCUT2D eigenvalue weighted by Gasteiger charge is -2.10. The molecule has 0 spiro atoms. The number of aromatic nitrogens is 3. The Morgan fingerprint density at radius 3 is 2.53 bits per heavy atom. The Labute approximate surface area is 178 Å². The number of nitrogens with one attached hydrogen (secondary N) is 1. The van der Waals surface area contributed by atoms with Gasteiger partial charge in [-0.15, -0.1) is 5.10 Å². The van der Waals surface area contributed by atoms with Crippen LogP contribution in [0.5, 0.6) is 0 Å². The largest absolute Gasteiger partial charge is 0.276 e. The van der Waals surface area contributed by atoms with Crippen LogP contribution in [0.2, 0.25) is 0 Å². The molecule has 0 fully saturated rings. The number of aryl methyl sites for hydroxylation is 1. The highest BCUT2D eigenvalue weighted by Crippen LogP contribution is 2.13. The average molecular weight is 428 g/mol. The van der Waals surface area contributed by atoms with Crippen molar-refractivity contribution in [3.63, 3.8) is 0 Å². The molecule has 1 aromatic heterocycles. The van der Waals surface area contributed by atoms with Crippen LogP contribution in [0.3, 0.4) is 0 Å². The molecule has 160 valence electrons. The lowest BCUT2D eigenvalue weighted by Crippen LogP contribution is -2.22. The Morgan fingerprint density at radius 2 is 1.77 bits per heavy atom. The normalized spacial score (nSPS) is 12.4. The maximum Gasteiger partial charge on any atom is 0.276 e. The molecule has 0 aliphatic rings. The predicted molar refractivity (Wildman–Crippen MR) is 120 cm³/mol. The van der Waals surface area contributed by atoms with Crippen LogP contribution >= 0.6 is 0 Å². The summed E-state index contributed by atoms with van der Waals surface area (Å²) in [6.07, 6.45) is 6.31. The van der Waals surface area contributed by atoms with Crippen molar-refractivity contribution in [3.8, 4) is 0 Å². The minimum absolute atomic E-state index is 0.199. The van der Waals surface area contributed by atoms with Crippen LogP contribution in [0.25, 0.3) is 11.0 Å². The molecule has 0 bridgehead atoms. The highest BCUT2D eigenvalue weighted by molar-refractivity contribution is 7.89. The van der Waals surface area contributed by atoms with Gasteiger partial charge in [0, 0.05) is 0 Å². The summed E-state index contributed by atoms with van der Waals surface area (Å²) in [5.74, 6) is 0. The molecule has 30 heavy (non-hydrogen) atoms. The van der Waals surface area contributed by atoms with Crippen LogP contribution in [-0.2, 0) is 16.6 Å². The number of hydrogen-bond donors (Lipinski definition) is 1. The van der Waals surface area contributed by atoms with Crippen LogP contribution in [0.15, 0.2) is 58.5 Å². The first-order valence-corrected chi connectivity index (χ1v) is 11.9. The molecule has 3 rings (SSSR count). The Balaban J connectivity index is 1.76. The quantitative estimate of drug-likeness (QED) is 0.278. The summed E-state index contributed by atoms with van der Waals surface area (Å²) in [5.41, 5.74) is 3.44. The highest BCUT2D eigenvalue weighted by Gasteiger charge is 2.14. The van der Waals surface area contributed by atoms with Crippen molar-refractivity contribution in [2.45, 2.75) is 63.8 Å². The van der Waals surface area contributed by atoms with Gasteiger partial charge in [-0.05, 0) is 44.0 Å². The number of nitrogens with zero attached hydrogens (tertiary/aromatic N) is 4. The standard InChI is InChI=1S/C22H29N5O2S/c1-3-4-5-6-7-10-19(17-27-22-12-9-8-11-21(22)24-25-27)23-26-30(28,29)20-15-13-18(2)14-16-20/h8-9,11-16,26H,3-7,10,17H2,1-2H3. The molecule has 1 N–H and O–H groups in total. The zero-order valence-corrected chi connectivity index (χ0v) is 18.4. The van der Waals surface area contributed by atoms with Gasteiger partial charge in [0.15, 0.2) is 0 Å². The minimum Gasteiger partial charge on any atom is -0.239 e. The van der Waals surface area contributed by atoms with Gasteiger partial charge in [0.2, 0.25) is 0 Å². The van der Waals surface area contributed by atoms with E-state index in [9.17, 15) is 8.42 Å². The van der Waals surface area contributed by atoms with Gasteiger partial charge < -0.3 is 0 Å². The number of benzene rings is 2. The first-order valence-electron chi connectivity index (χ1n) is 10.4. The smallest absolute Gasteiger partial charge is 0.239 e. The summed E-state index contributed by atoms with van der Waals surface area (Å²) in [6.45, 7) is 4.49. The zero-order valence-electron chi connectivity index (χ0n) is 17.6. The van der Waals surface area contributed by atoms with E-state index in [2.05, 4.69) is 27.2 Å². The zero-order chi connectivity index (χ0) is 21.4. The van der Waals surface area contributed by atoms with E-state index in [4.69, 9.17) is 0 Å². The lowest BCUT2D eigenvalue weighted by atomic mass is 10.1. The van der Waals surface area contributed by atoms with Crippen molar-refractivity contribution in [1.82, 2.24) is 19.8 Å². The van der Waals surface area contributed by atoms with Gasteiger partial charge in [0.05, 0.1) is 22.7 Å². The predicted octanol–water partition coefficient (Wildman–Crippen LogP) is 4.43. The van der Waals surface area contributed by atoms with Gasteiger partial charge in [-0.3, -0.25) is 0 Å². The maximum atomic E-state index is 12.6. The van der Waals surface area contributed by atoms with Crippen molar-refractivity contribution in [3.05, 3.63) is 54.1 Å². The molecule has 1 heterocycles. The minimum atomic E-state index is -3.72. The fourth-order valence-electron chi connectivity index (χ4n) is 3.20. The fourth-order valence-corrected chi connectivity index (χ4v) is 4.05. The second-order valence-electron chi connectivity index (χ2n) is 7.49. The van der Waals surface area contributed by atoms with Crippen molar-refractivity contribution < 1.29 is 8.42 Å². The highest BCUT2D eigenvalue weighted by atomic mass is 32.2. The van der Waals surface area contributed by atoms with Crippen LogP contribution in [0.1, 0.15) is 51.0 Å². The van der Waals surface area contributed by atoms with Gasteiger partial charge in [-0.25, -0.2) is 9.51 Å². The molecular weight excluding hydrogens is 398 g/mol. The summed E-state index contributed by atoms with van der Waals surface area (Å²) in [4.78, 5) is 2.61. The Bertz CT molecular complexity index is 1090. The molecule has 0 atom stereocenters. The van der Waals surface area contributed by atoms with Crippen molar-refractivity contribution in [2.75, 3.05) is 0 Å². The summed E-state index contributed by atoms with van der Waals surface area (Å²) < 4.78 is 27.0. The average Bonchev–Trinajstić information content (AvgIpc) is 3.15. The third-order valence-electron chi connectivity index (χ3n) is 4.98. The molecular formula is C22H29N5O2S. The topological polar surface area (TPSA) is 89.2 Å². The summed E-state index contributed by atoms with van der Waals surface area (Å²) in [6, 6.07) is 14.4. The van der Waals surface area contributed by atoms with Gasteiger partial charge >= 0.3 is 0 Å². The number of unbranched alkanes of at least 4 members (excludes halogenated alkanes) is 4. The van der Waals surface area contributed by atoms with E-state index in [1.165, 1.54) is 19.3 Å². The number of hydrogen-bond acceptors (Lipinski definition) is 5. The SMILES string of the molecule is CCCCCCCC(Cn1nnc2ccccc21)=NNS(=O)(=O)c1ccc(C)cc1. The second kappa shape index (κ2) is 10.3.